The van der Waals surface area contributed by atoms with Crippen LogP contribution in [0.4, 0.5) is 0 Å². The second kappa shape index (κ2) is 5.98. The van der Waals surface area contributed by atoms with Crippen molar-refractivity contribution in [2.24, 2.45) is 5.92 Å². The van der Waals surface area contributed by atoms with Gasteiger partial charge in [-0.25, -0.2) is 9.78 Å². The summed E-state index contributed by atoms with van der Waals surface area (Å²) in [5, 5.41) is 4.71. The Labute approximate surface area is 138 Å². The summed E-state index contributed by atoms with van der Waals surface area (Å²) in [6, 6.07) is 7.82. The number of rotatable bonds is 3. The van der Waals surface area contributed by atoms with E-state index in [2.05, 4.69) is 15.3 Å². The number of aryl methyl sites for hydroxylation is 1. The molecule has 5 nitrogen and oxygen atoms in total. The summed E-state index contributed by atoms with van der Waals surface area (Å²) < 4.78 is 1.83. The van der Waals surface area contributed by atoms with Crippen molar-refractivity contribution in [2.45, 2.75) is 25.8 Å². The number of fused-ring (bicyclic) bond motifs is 3. The van der Waals surface area contributed by atoms with E-state index in [1.807, 2.05) is 28.8 Å². The molecule has 0 amide bonds. The predicted octanol–water partition coefficient (Wildman–Crippen LogP) is 2.92. The van der Waals surface area contributed by atoms with Crippen LogP contribution in [0.2, 0.25) is 5.15 Å². The topological polar surface area (TPSA) is 62.7 Å². The van der Waals surface area contributed by atoms with Gasteiger partial charge in [0.2, 0.25) is 0 Å². The highest BCUT2D eigenvalue weighted by Gasteiger charge is 2.17. The lowest BCUT2D eigenvalue weighted by atomic mass is 9.95. The van der Waals surface area contributed by atoms with Crippen LogP contribution in [0.3, 0.4) is 0 Å². The third-order valence-electron chi connectivity index (χ3n) is 4.79. The highest BCUT2D eigenvalue weighted by molar-refractivity contribution is 6.35. The molecule has 0 radical (unpaired) electrons. The summed E-state index contributed by atoms with van der Waals surface area (Å²) in [7, 11) is 0. The SMILES string of the molecule is O=c1[nH]c2c(Cl)nc3ccccc3c2n1CCC1CCNCC1. The van der Waals surface area contributed by atoms with Crippen LogP contribution in [0.5, 0.6) is 0 Å². The predicted molar refractivity (Wildman–Crippen MR) is 93.1 cm³/mol. The second-order valence-corrected chi connectivity index (χ2v) is 6.57. The summed E-state index contributed by atoms with van der Waals surface area (Å²) in [6.45, 7) is 2.87. The monoisotopic (exact) mass is 330 g/mol. The molecule has 4 rings (SSSR count). The van der Waals surface area contributed by atoms with Gasteiger partial charge in [0.05, 0.1) is 11.0 Å². The zero-order valence-corrected chi connectivity index (χ0v) is 13.6. The molecule has 1 aliphatic heterocycles. The minimum atomic E-state index is -0.103. The van der Waals surface area contributed by atoms with Crippen molar-refractivity contribution >= 4 is 33.5 Å². The molecule has 2 N–H and O–H groups in total. The average Bonchev–Trinajstić information content (AvgIpc) is 2.91. The van der Waals surface area contributed by atoms with Crippen molar-refractivity contribution in [3.8, 4) is 0 Å². The minimum absolute atomic E-state index is 0.103. The average molecular weight is 331 g/mol. The number of aromatic nitrogens is 3. The summed E-state index contributed by atoms with van der Waals surface area (Å²) in [6.07, 6.45) is 3.38. The summed E-state index contributed by atoms with van der Waals surface area (Å²) in [5.74, 6) is 0.677. The van der Waals surface area contributed by atoms with Gasteiger partial charge in [0.25, 0.3) is 0 Å². The van der Waals surface area contributed by atoms with Crippen LogP contribution in [0.15, 0.2) is 29.1 Å². The molecule has 1 aliphatic rings. The first-order valence-corrected chi connectivity index (χ1v) is 8.49. The van der Waals surface area contributed by atoms with E-state index in [4.69, 9.17) is 11.6 Å². The van der Waals surface area contributed by atoms with Gasteiger partial charge in [0.1, 0.15) is 5.52 Å². The summed E-state index contributed by atoms with van der Waals surface area (Å²) >= 11 is 6.27. The van der Waals surface area contributed by atoms with Gasteiger partial charge < -0.3 is 10.3 Å². The van der Waals surface area contributed by atoms with E-state index in [0.717, 1.165) is 35.9 Å². The Morgan fingerprint density at radius 3 is 2.87 bits per heavy atom. The first-order chi connectivity index (χ1) is 11.2. The third kappa shape index (κ3) is 2.64. The lowest BCUT2D eigenvalue weighted by molar-refractivity contribution is 0.338. The number of halogens is 1. The van der Waals surface area contributed by atoms with Gasteiger partial charge in [-0.1, -0.05) is 29.8 Å². The van der Waals surface area contributed by atoms with Gasteiger partial charge in [0, 0.05) is 11.9 Å². The van der Waals surface area contributed by atoms with Crippen LogP contribution < -0.4 is 11.0 Å². The van der Waals surface area contributed by atoms with Gasteiger partial charge in [-0.3, -0.25) is 4.57 Å². The van der Waals surface area contributed by atoms with Crippen molar-refractivity contribution in [2.75, 3.05) is 13.1 Å². The molecule has 2 aromatic heterocycles. The minimum Gasteiger partial charge on any atom is -0.317 e. The van der Waals surface area contributed by atoms with Crippen LogP contribution in [0, 0.1) is 5.92 Å². The first kappa shape index (κ1) is 14.7. The van der Waals surface area contributed by atoms with Crippen molar-refractivity contribution in [1.82, 2.24) is 19.9 Å². The Morgan fingerprint density at radius 2 is 2.04 bits per heavy atom. The number of piperidine rings is 1. The Hall–Kier alpha value is -1.85. The first-order valence-electron chi connectivity index (χ1n) is 8.11. The van der Waals surface area contributed by atoms with E-state index in [1.54, 1.807) is 0 Å². The molecule has 1 saturated heterocycles. The molecular formula is C17H19ClN4O. The van der Waals surface area contributed by atoms with E-state index in [1.165, 1.54) is 12.8 Å². The van der Waals surface area contributed by atoms with Gasteiger partial charge in [0.15, 0.2) is 5.15 Å². The van der Waals surface area contributed by atoms with Crippen molar-refractivity contribution < 1.29 is 0 Å². The molecular weight excluding hydrogens is 312 g/mol. The fraction of sp³-hybridized carbons (Fsp3) is 0.412. The van der Waals surface area contributed by atoms with E-state index in [0.29, 0.717) is 23.1 Å². The number of pyridine rings is 1. The van der Waals surface area contributed by atoms with E-state index in [9.17, 15) is 4.79 Å². The van der Waals surface area contributed by atoms with Crippen molar-refractivity contribution in [3.63, 3.8) is 0 Å². The molecule has 0 unspecified atom stereocenters. The number of nitrogens with one attached hydrogen (secondary N) is 2. The fourth-order valence-corrected chi connectivity index (χ4v) is 3.76. The number of nitrogens with zero attached hydrogens (tertiary/aromatic N) is 2. The lowest BCUT2D eigenvalue weighted by Gasteiger charge is -2.22. The Kier molecular flexibility index (Phi) is 3.83. The molecule has 1 aromatic carbocycles. The summed E-state index contributed by atoms with van der Waals surface area (Å²) in [4.78, 5) is 19.7. The molecule has 0 saturated carbocycles. The zero-order valence-electron chi connectivity index (χ0n) is 12.8. The van der Waals surface area contributed by atoms with E-state index in [-0.39, 0.29) is 5.69 Å². The Morgan fingerprint density at radius 1 is 1.26 bits per heavy atom. The van der Waals surface area contributed by atoms with Gasteiger partial charge >= 0.3 is 5.69 Å². The fourth-order valence-electron chi connectivity index (χ4n) is 3.53. The number of imidazole rings is 1. The molecule has 0 bridgehead atoms. The van der Waals surface area contributed by atoms with Crippen LogP contribution in [-0.4, -0.2) is 27.6 Å². The number of H-pyrrole nitrogens is 1. The Balaban J connectivity index is 1.79. The zero-order chi connectivity index (χ0) is 15.8. The van der Waals surface area contributed by atoms with Gasteiger partial charge in [-0.05, 0) is 44.3 Å². The molecule has 120 valence electrons. The van der Waals surface area contributed by atoms with Crippen molar-refractivity contribution in [1.29, 1.82) is 0 Å². The molecule has 0 spiro atoms. The standard InChI is InChI=1S/C17H19ClN4O/c18-16-14-15(12-3-1-2-4-13(12)20-16)22(17(23)21-14)10-7-11-5-8-19-9-6-11/h1-4,11,19H,5-10H2,(H,21,23). The molecule has 0 atom stereocenters. The number of hydrogen-bond donors (Lipinski definition) is 2. The van der Waals surface area contributed by atoms with Crippen molar-refractivity contribution in [3.05, 3.63) is 39.9 Å². The number of aromatic amines is 1. The second-order valence-electron chi connectivity index (χ2n) is 6.21. The molecule has 6 heteroatoms. The number of hydrogen-bond acceptors (Lipinski definition) is 3. The normalized spacial score (nSPS) is 16.4. The number of benzene rings is 1. The molecule has 23 heavy (non-hydrogen) atoms. The Bertz CT molecular complexity index is 908. The maximum Gasteiger partial charge on any atom is 0.326 e. The van der Waals surface area contributed by atoms with Crippen LogP contribution in [-0.2, 0) is 6.54 Å². The maximum atomic E-state index is 12.4. The van der Waals surface area contributed by atoms with E-state index < -0.39 is 0 Å². The van der Waals surface area contributed by atoms with Gasteiger partial charge in [-0.2, -0.15) is 0 Å². The van der Waals surface area contributed by atoms with Crippen LogP contribution >= 0.6 is 11.6 Å². The van der Waals surface area contributed by atoms with Gasteiger partial charge in [-0.15, -0.1) is 0 Å². The summed E-state index contributed by atoms with van der Waals surface area (Å²) in [5.41, 5.74) is 2.23. The van der Waals surface area contributed by atoms with Crippen LogP contribution in [0.25, 0.3) is 21.9 Å². The molecule has 0 aliphatic carbocycles. The van der Waals surface area contributed by atoms with Crippen LogP contribution in [0.1, 0.15) is 19.3 Å². The largest absolute Gasteiger partial charge is 0.326 e. The highest BCUT2D eigenvalue weighted by Crippen LogP contribution is 2.27. The third-order valence-corrected chi connectivity index (χ3v) is 5.06. The molecule has 3 heterocycles. The molecule has 1 fully saturated rings. The van der Waals surface area contributed by atoms with E-state index >= 15 is 0 Å². The smallest absolute Gasteiger partial charge is 0.317 e. The molecule has 3 aromatic rings. The maximum absolute atomic E-state index is 12.4. The quantitative estimate of drug-likeness (QED) is 0.726. The lowest BCUT2D eigenvalue weighted by Crippen LogP contribution is -2.29. The number of para-hydroxylation sites is 1. The highest BCUT2D eigenvalue weighted by atomic mass is 35.5.